The number of hydrogen-bond donors (Lipinski definition) is 2. The second-order valence-corrected chi connectivity index (χ2v) is 7.28. The zero-order chi connectivity index (χ0) is 15.5. The molecule has 1 aromatic heterocycles. The molecule has 0 amide bonds. The fraction of sp³-hybridized carbons (Fsp3) is 0.250. The third-order valence-electron chi connectivity index (χ3n) is 2.69. The van der Waals surface area contributed by atoms with Crippen LogP contribution in [-0.2, 0) is 16.6 Å². The van der Waals surface area contributed by atoms with Gasteiger partial charge in [-0.25, -0.2) is 8.42 Å². The minimum Gasteiger partial charge on any atom is -0.330 e. The van der Waals surface area contributed by atoms with Crippen molar-refractivity contribution in [3.63, 3.8) is 0 Å². The van der Waals surface area contributed by atoms with Crippen molar-refractivity contribution >= 4 is 43.2 Å². The molecule has 1 heterocycles. The van der Waals surface area contributed by atoms with E-state index >= 15 is 0 Å². The summed E-state index contributed by atoms with van der Waals surface area (Å²) in [5.74, 6) is 0. The van der Waals surface area contributed by atoms with E-state index in [-0.39, 0.29) is 4.90 Å². The molecule has 0 aliphatic rings. The second-order valence-electron chi connectivity index (χ2n) is 4.31. The predicted molar refractivity (Wildman–Crippen MR) is 85.9 cm³/mol. The molecule has 114 valence electrons. The van der Waals surface area contributed by atoms with Gasteiger partial charge in [0.25, 0.3) is 10.0 Å². The molecule has 0 spiro atoms. The molecule has 21 heavy (non-hydrogen) atoms. The molecule has 0 fully saturated rings. The van der Waals surface area contributed by atoms with Crippen LogP contribution in [0.2, 0.25) is 5.02 Å². The molecule has 3 N–H and O–H groups in total. The fourth-order valence-corrected chi connectivity index (χ4v) is 3.58. The Morgan fingerprint density at radius 2 is 2.19 bits per heavy atom. The van der Waals surface area contributed by atoms with Crippen molar-refractivity contribution < 1.29 is 8.42 Å². The lowest BCUT2D eigenvalue weighted by atomic mass is 10.3. The molecule has 0 aliphatic heterocycles. The number of aromatic nitrogens is 2. The fourth-order valence-electron chi connectivity index (χ4n) is 1.63. The van der Waals surface area contributed by atoms with Crippen LogP contribution in [0, 0.1) is 0 Å². The molecule has 2 rings (SSSR count). The van der Waals surface area contributed by atoms with Crippen molar-refractivity contribution in [2.24, 2.45) is 5.73 Å². The lowest BCUT2D eigenvalue weighted by molar-refractivity contribution is 0.582. The highest BCUT2D eigenvalue weighted by Gasteiger charge is 2.18. The molecule has 0 saturated carbocycles. The van der Waals surface area contributed by atoms with E-state index in [0.717, 1.165) is 6.42 Å². The Balaban J connectivity index is 2.19. The highest BCUT2D eigenvalue weighted by atomic mass is 79.9. The molecule has 0 saturated heterocycles. The SMILES string of the molecule is NCCCn1cc(S(=O)(=O)Nc2ccc(Cl)cc2Br)cn1. The number of halogens is 2. The highest BCUT2D eigenvalue weighted by Crippen LogP contribution is 2.27. The topological polar surface area (TPSA) is 90.0 Å². The van der Waals surface area contributed by atoms with Crippen molar-refractivity contribution in [3.05, 3.63) is 40.1 Å². The van der Waals surface area contributed by atoms with Crippen LogP contribution in [0.4, 0.5) is 5.69 Å². The van der Waals surface area contributed by atoms with Crippen molar-refractivity contribution in [1.82, 2.24) is 9.78 Å². The molecule has 6 nitrogen and oxygen atoms in total. The van der Waals surface area contributed by atoms with Crippen LogP contribution in [0.1, 0.15) is 6.42 Å². The molecule has 2 aromatic rings. The van der Waals surface area contributed by atoms with Gasteiger partial charge in [0.2, 0.25) is 0 Å². The van der Waals surface area contributed by atoms with Gasteiger partial charge in [-0.05, 0) is 47.1 Å². The smallest absolute Gasteiger partial charge is 0.265 e. The molecule has 9 heteroatoms. The van der Waals surface area contributed by atoms with Gasteiger partial charge in [-0.3, -0.25) is 9.40 Å². The van der Waals surface area contributed by atoms with E-state index in [4.69, 9.17) is 17.3 Å². The molecule has 0 unspecified atom stereocenters. The number of nitrogens with two attached hydrogens (primary N) is 1. The van der Waals surface area contributed by atoms with Crippen molar-refractivity contribution in [2.45, 2.75) is 17.9 Å². The van der Waals surface area contributed by atoms with Gasteiger partial charge in [0, 0.05) is 22.2 Å². The summed E-state index contributed by atoms with van der Waals surface area (Å²) < 4.78 is 29.2. The molecule has 0 atom stereocenters. The van der Waals surface area contributed by atoms with E-state index in [1.165, 1.54) is 12.4 Å². The largest absolute Gasteiger partial charge is 0.330 e. The van der Waals surface area contributed by atoms with Gasteiger partial charge in [-0.1, -0.05) is 11.6 Å². The number of nitrogens with zero attached hydrogens (tertiary/aromatic N) is 2. The standard InChI is InChI=1S/C12H14BrClN4O2S/c13-11-6-9(14)2-3-12(11)17-21(19,20)10-7-16-18(8-10)5-1-4-15/h2-3,6-8,17H,1,4-5,15H2. The van der Waals surface area contributed by atoms with Gasteiger partial charge >= 0.3 is 0 Å². The molecule has 0 bridgehead atoms. The summed E-state index contributed by atoms with van der Waals surface area (Å²) in [7, 11) is -3.69. The first-order valence-corrected chi connectivity index (χ1v) is 8.78. The van der Waals surface area contributed by atoms with E-state index < -0.39 is 10.0 Å². The minimum absolute atomic E-state index is 0.0985. The van der Waals surface area contributed by atoms with E-state index in [1.807, 2.05) is 0 Å². The first-order chi connectivity index (χ1) is 9.92. The number of aryl methyl sites for hydroxylation is 1. The average Bonchev–Trinajstić information content (AvgIpc) is 2.89. The van der Waals surface area contributed by atoms with Crippen molar-refractivity contribution in [3.8, 4) is 0 Å². The summed E-state index contributed by atoms with van der Waals surface area (Å²) in [5.41, 5.74) is 5.82. The summed E-state index contributed by atoms with van der Waals surface area (Å²) in [5, 5.41) is 4.52. The van der Waals surface area contributed by atoms with Crippen molar-refractivity contribution in [2.75, 3.05) is 11.3 Å². The maximum atomic E-state index is 12.3. The molecular weight excluding hydrogens is 380 g/mol. The number of rotatable bonds is 6. The number of benzene rings is 1. The molecular formula is C12H14BrClN4O2S. The van der Waals surface area contributed by atoms with Gasteiger partial charge < -0.3 is 5.73 Å². The normalized spacial score (nSPS) is 11.6. The van der Waals surface area contributed by atoms with Crippen molar-refractivity contribution in [1.29, 1.82) is 0 Å². The average molecular weight is 394 g/mol. The Morgan fingerprint density at radius 3 is 2.86 bits per heavy atom. The quantitative estimate of drug-likeness (QED) is 0.789. The van der Waals surface area contributed by atoms with E-state index in [9.17, 15) is 8.42 Å². The number of hydrogen-bond acceptors (Lipinski definition) is 4. The molecule has 1 aromatic carbocycles. The monoisotopic (exact) mass is 392 g/mol. The zero-order valence-electron chi connectivity index (χ0n) is 11.0. The summed E-state index contributed by atoms with van der Waals surface area (Å²) in [6.07, 6.45) is 3.52. The predicted octanol–water partition coefficient (Wildman–Crippen LogP) is 2.45. The second kappa shape index (κ2) is 6.78. The maximum absolute atomic E-state index is 12.3. The van der Waals surface area contributed by atoms with E-state index in [2.05, 4.69) is 25.8 Å². The van der Waals surface area contributed by atoms with Gasteiger partial charge in [-0.15, -0.1) is 0 Å². The van der Waals surface area contributed by atoms with Crippen LogP contribution in [0.3, 0.4) is 0 Å². The summed E-state index contributed by atoms with van der Waals surface area (Å²) >= 11 is 9.09. The lowest BCUT2D eigenvalue weighted by Gasteiger charge is -2.08. The van der Waals surface area contributed by atoms with Crippen LogP contribution in [0.5, 0.6) is 0 Å². The molecule has 0 radical (unpaired) electrons. The number of anilines is 1. The van der Waals surface area contributed by atoms with Gasteiger partial charge in [0.05, 0.1) is 11.9 Å². The Morgan fingerprint density at radius 1 is 1.43 bits per heavy atom. The summed E-state index contributed by atoms with van der Waals surface area (Å²) in [4.78, 5) is 0.0985. The maximum Gasteiger partial charge on any atom is 0.265 e. The first kappa shape index (κ1) is 16.3. The van der Waals surface area contributed by atoms with Crippen LogP contribution in [0.15, 0.2) is 40.0 Å². The van der Waals surface area contributed by atoms with Crippen LogP contribution >= 0.6 is 27.5 Å². The third kappa shape index (κ3) is 4.19. The van der Waals surface area contributed by atoms with Gasteiger partial charge in [0.1, 0.15) is 4.90 Å². The van der Waals surface area contributed by atoms with Crippen LogP contribution in [0.25, 0.3) is 0 Å². The Hall–Kier alpha value is -1.09. The van der Waals surface area contributed by atoms with Crippen LogP contribution in [-0.4, -0.2) is 24.7 Å². The zero-order valence-corrected chi connectivity index (χ0v) is 14.1. The Kier molecular flexibility index (Phi) is 5.26. The van der Waals surface area contributed by atoms with E-state index in [0.29, 0.717) is 28.3 Å². The lowest BCUT2D eigenvalue weighted by Crippen LogP contribution is -2.13. The highest BCUT2D eigenvalue weighted by molar-refractivity contribution is 9.10. The Bertz CT molecular complexity index is 733. The number of nitrogens with one attached hydrogen (secondary N) is 1. The van der Waals surface area contributed by atoms with Gasteiger partial charge in [-0.2, -0.15) is 5.10 Å². The molecule has 0 aliphatic carbocycles. The Labute approximate surface area is 136 Å². The minimum atomic E-state index is -3.69. The van der Waals surface area contributed by atoms with Crippen LogP contribution < -0.4 is 10.5 Å². The van der Waals surface area contributed by atoms with E-state index in [1.54, 1.807) is 22.9 Å². The first-order valence-electron chi connectivity index (χ1n) is 6.13. The van der Waals surface area contributed by atoms with Gasteiger partial charge in [0.15, 0.2) is 0 Å². The summed E-state index contributed by atoms with van der Waals surface area (Å²) in [6.45, 7) is 1.11. The number of sulfonamides is 1. The summed E-state index contributed by atoms with van der Waals surface area (Å²) in [6, 6.07) is 4.81. The third-order valence-corrected chi connectivity index (χ3v) is 4.90.